The van der Waals surface area contributed by atoms with Gasteiger partial charge in [0.25, 0.3) is 0 Å². The van der Waals surface area contributed by atoms with Crippen molar-refractivity contribution in [3.63, 3.8) is 0 Å². The zero-order valence-electron chi connectivity index (χ0n) is 13.6. The van der Waals surface area contributed by atoms with E-state index in [0.29, 0.717) is 0 Å². The van der Waals surface area contributed by atoms with Crippen molar-refractivity contribution in [2.75, 3.05) is 45.8 Å². The summed E-state index contributed by atoms with van der Waals surface area (Å²) in [6.45, 7) is 20.3. The summed E-state index contributed by atoms with van der Waals surface area (Å²) in [7, 11) is -6.00. The zero-order valence-corrected chi connectivity index (χ0v) is 13.6. The zero-order chi connectivity index (χ0) is 16.2. The van der Waals surface area contributed by atoms with E-state index in [-0.39, 0.29) is 0 Å². The Morgan fingerprint density at radius 2 is 1.15 bits per heavy atom. The van der Waals surface area contributed by atoms with Gasteiger partial charge in [-0.1, -0.05) is 13.8 Å². The van der Waals surface area contributed by atoms with Crippen molar-refractivity contribution in [1.29, 1.82) is 0 Å². The average Bonchev–Trinajstić information content (AvgIpc) is 2.38. The van der Waals surface area contributed by atoms with Gasteiger partial charge in [-0.15, -0.1) is 0 Å². The molecule has 0 amide bonds. The van der Waals surface area contributed by atoms with Gasteiger partial charge in [0.1, 0.15) is 0 Å². The lowest BCUT2D eigenvalue weighted by Crippen LogP contribution is -2.48. The SMILES string of the molecule is CCN(CC)CCC[N+](CC)(CC)CC.F[B-](F)(F)F. The summed E-state index contributed by atoms with van der Waals surface area (Å²) in [4.78, 5) is 2.52. The summed E-state index contributed by atoms with van der Waals surface area (Å²) in [6, 6.07) is 0. The van der Waals surface area contributed by atoms with E-state index >= 15 is 0 Å². The van der Waals surface area contributed by atoms with Crippen LogP contribution in [0.3, 0.4) is 0 Å². The van der Waals surface area contributed by atoms with Crippen molar-refractivity contribution in [2.45, 2.75) is 41.0 Å². The Bertz CT molecular complexity index is 203. The van der Waals surface area contributed by atoms with Crippen LogP contribution in [0.15, 0.2) is 0 Å². The van der Waals surface area contributed by atoms with Gasteiger partial charge in [0, 0.05) is 13.0 Å². The van der Waals surface area contributed by atoms with Gasteiger partial charge in [-0.2, -0.15) is 0 Å². The number of nitrogens with zero attached hydrogens (tertiary/aromatic N) is 2. The van der Waals surface area contributed by atoms with Crippen molar-refractivity contribution < 1.29 is 21.7 Å². The molecule has 0 radical (unpaired) electrons. The topological polar surface area (TPSA) is 3.24 Å². The van der Waals surface area contributed by atoms with E-state index in [1.165, 1.54) is 56.7 Å². The predicted octanol–water partition coefficient (Wildman–Crippen LogP) is 3.89. The highest BCUT2D eigenvalue weighted by molar-refractivity contribution is 6.50. The Kier molecular flexibility index (Phi) is 12.5. The van der Waals surface area contributed by atoms with Gasteiger partial charge >= 0.3 is 7.25 Å². The normalized spacial score (nSPS) is 12.3. The predicted molar refractivity (Wildman–Crippen MR) is 79.3 cm³/mol. The van der Waals surface area contributed by atoms with Gasteiger partial charge in [-0.25, -0.2) is 0 Å². The lowest BCUT2D eigenvalue weighted by atomic mass is 10.2. The molecule has 0 spiro atoms. The van der Waals surface area contributed by atoms with E-state index in [2.05, 4.69) is 39.5 Å². The minimum absolute atomic E-state index is 1.20. The molecular formula is C13H31BF4N2. The van der Waals surface area contributed by atoms with E-state index in [4.69, 9.17) is 0 Å². The summed E-state index contributed by atoms with van der Waals surface area (Å²) in [5.41, 5.74) is 0. The van der Waals surface area contributed by atoms with Crippen LogP contribution in [-0.2, 0) is 0 Å². The second-order valence-corrected chi connectivity index (χ2v) is 4.89. The first-order chi connectivity index (χ1) is 9.17. The van der Waals surface area contributed by atoms with Crippen LogP contribution in [0.2, 0.25) is 0 Å². The highest BCUT2D eigenvalue weighted by Gasteiger charge is 2.21. The van der Waals surface area contributed by atoms with Gasteiger partial charge in [-0.3, -0.25) is 0 Å². The van der Waals surface area contributed by atoms with E-state index in [0.717, 1.165) is 0 Å². The lowest BCUT2D eigenvalue weighted by molar-refractivity contribution is -0.923. The van der Waals surface area contributed by atoms with Crippen LogP contribution < -0.4 is 0 Å². The Hall–Kier alpha value is -0.295. The Balaban J connectivity index is 0. The Morgan fingerprint density at radius 3 is 1.40 bits per heavy atom. The third kappa shape index (κ3) is 12.7. The molecule has 0 fully saturated rings. The molecule has 0 aliphatic heterocycles. The molecular weight excluding hydrogens is 271 g/mol. The van der Waals surface area contributed by atoms with E-state index in [9.17, 15) is 17.3 Å². The fourth-order valence-electron chi connectivity index (χ4n) is 2.31. The highest BCUT2D eigenvalue weighted by atomic mass is 19.5. The maximum absolute atomic E-state index is 9.75. The summed E-state index contributed by atoms with van der Waals surface area (Å²) >= 11 is 0. The Morgan fingerprint density at radius 1 is 0.800 bits per heavy atom. The van der Waals surface area contributed by atoms with Crippen molar-refractivity contribution in [3.05, 3.63) is 0 Å². The number of hydrogen-bond donors (Lipinski definition) is 0. The first-order valence-corrected chi connectivity index (χ1v) is 7.62. The van der Waals surface area contributed by atoms with Gasteiger partial charge in [-0.05, 0) is 33.9 Å². The first kappa shape index (κ1) is 22.0. The van der Waals surface area contributed by atoms with Crippen molar-refractivity contribution in [3.8, 4) is 0 Å². The molecule has 0 saturated carbocycles. The maximum Gasteiger partial charge on any atom is 0.673 e. The minimum atomic E-state index is -6.00. The molecule has 124 valence electrons. The molecule has 20 heavy (non-hydrogen) atoms. The second-order valence-electron chi connectivity index (χ2n) is 4.89. The van der Waals surface area contributed by atoms with Crippen molar-refractivity contribution in [2.24, 2.45) is 0 Å². The molecule has 0 aromatic carbocycles. The first-order valence-electron chi connectivity index (χ1n) is 7.62. The van der Waals surface area contributed by atoms with Gasteiger partial charge in [0.05, 0.1) is 26.2 Å². The molecule has 0 bridgehead atoms. The fraction of sp³-hybridized carbons (Fsp3) is 1.00. The van der Waals surface area contributed by atoms with Crippen LogP contribution >= 0.6 is 0 Å². The molecule has 0 aromatic heterocycles. The smallest absolute Gasteiger partial charge is 0.418 e. The van der Waals surface area contributed by atoms with Gasteiger partial charge in [0.2, 0.25) is 0 Å². The van der Waals surface area contributed by atoms with Gasteiger partial charge in [0.15, 0.2) is 0 Å². The summed E-state index contributed by atoms with van der Waals surface area (Å²) in [5, 5.41) is 0. The van der Waals surface area contributed by atoms with E-state index in [1.54, 1.807) is 0 Å². The number of rotatable bonds is 9. The van der Waals surface area contributed by atoms with Crippen molar-refractivity contribution in [1.82, 2.24) is 4.90 Å². The molecule has 2 nitrogen and oxygen atoms in total. The third-order valence-electron chi connectivity index (χ3n) is 4.01. The van der Waals surface area contributed by atoms with Crippen LogP contribution in [0.1, 0.15) is 41.0 Å². The van der Waals surface area contributed by atoms with Crippen LogP contribution in [-0.4, -0.2) is 62.5 Å². The molecule has 0 aliphatic carbocycles. The standard InChI is InChI=1S/C13H31N2.BF4/c1-6-14(7-2)12-11-13-15(8-3,9-4)10-5;2-1(3,4)5/h6-13H2,1-5H3;/q+1;-1. The molecule has 0 unspecified atom stereocenters. The van der Waals surface area contributed by atoms with Crippen LogP contribution in [0, 0.1) is 0 Å². The van der Waals surface area contributed by atoms with Crippen LogP contribution in [0.4, 0.5) is 17.3 Å². The molecule has 0 saturated heterocycles. The summed E-state index contributed by atoms with van der Waals surface area (Å²) < 4.78 is 40.3. The van der Waals surface area contributed by atoms with E-state index in [1.807, 2.05) is 0 Å². The van der Waals surface area contributed by atoms with E-state index < -0.39 is 7.25 Å². The second kappa shape index (κ2) is 11.4. The number of quaternary nitrogens is 1. The molecule has 0 heterocycles. The minimum Gasteiger partial charge on any atom is -0.418 e. The fourth-order valence-corrected chi connectivity index (χ4v) is 2.31. The molecule has 0 atom stereocenters. The molecule has 0 rings (SSSR count). The largest absolute Gasteiger partial charge is 0.673 e. The molecule has 7 heteroatoms. The quantitative estimate of drug-likeness (QED) is 0.355. The lowest BCUT2D eigenvalue weighted by Gasteiger charge is -2.36. The van der Waals surface area contributed by atoms with Crippen LogP contribution in [0.25, 0.3) is 0 Å². The highest BCUT2D eigenvalue weighted by Crippen LogP contribution is 2.08. The number of halogens is 4. The number of hydrogen-bond acceptors (Lipinski definition) is 1. The maximum atomic E-state index is 9.75. The average molecular weight is 302 g/mol. The van der Waals surface area contributed by atoms with Crippen LogP contribution in [0.5, 0.6) is 0 Å². The van der Waals surface area contributed by atoms with Gasteiger partial charge < -0.3 is 26.6 Å². The molecule has 0 aliphatic rings. The monoisotopic (exact) mass is 302 g/mol. The molecule has 0 N–H and O–H groups in total. The summed E-state index contributed by atoms with van der Waals surface area (Å²) in [6.07, 6.45) is 1.34. The Labute approximate surface area is 121 Å². The third-order valence-corrected chi connectivity index (χ3v) is 4.01. The van der Waals surface area contributed by atoms with Crippen molar-refractivity contribution >= 4 is 7.25 Å². The molecule has 0 aromatic rings. The summed E-state index contributed by atoms with van der Waals surface area (Å²) in [5.74, 6) is 0.